The van der Waals surface area contributed by atoms with Crippen molar-refractivity contribution in [1.82, 2.24) is 10.6 Å². The number of nitrogens with one attached hydrogen (secondary N) is 2. The van der Waals surface area contributed by atoms with E-state index in [9.17, 15) is 9.59 Å². The van der Waals surface area contributed by atoms with Crippen LogP contribution in [0.4, 0.5) is 0 Å². The second-order valence-electron chi connectivity index (χ2n) is 8.20. The summed E-state index contributed by atoms with van der Waals surface area (Å²) in [6, 6.07) is 0. The average molecular weight is 347 g/mol. The van der Waals surface area contributed by atoms with Crippen molar-refractivity contribution in [2.75, 3.05) is 13.1 Å². The Morgan fingerprint density at radius 2 is 1.48 bits per heavy atom. The largest absolute Gasteiger partial charge is 0.356 e. The Bertz CT molecular complexity index is 508. The molecule has 0 spiro atoms. The molecule has 2 rings (SSSR count). The first-order valence-corrected chi connectivity index (χ1v) is 9.82. The van der Waals surface area contributed by atoms with Crippen LogP contribution in [0, 0.1) is 17.3 Å². The van der Waals surface area contributed by atoms with Gasteiger partial charge in [0.15, 0.2) is 0 Å². The zero-order chi connectivity index (χ0) is 18.1. The zero-order valence-corrected chi connectivity index (χ0v) is 15.9. The van der Waals surface area contributed by atoms with Gasteiger partial charge in [0.2, 0.25) is 11.8 Å². The van der Waals surface area contributed by atoms with Gasteiger partial charge in [-0.05, 0) is 56.8 Å². The van der Waals surface area contributed by atoms with Gasteiger partial charge in [0, 0.05) is 24.9 Å². The first kappa shape index (κ1) is 19.7. The first-order valence-electron chi connectivity index (χ1n) is 9.82. The van der Waals surface area contributed by atoms with Crippen LogP contribution in [0.5, 0.6) is 0 Å². The topological polar surface area (TPSA) is 58.2 Å². The molecule has 0 aromatic carbocycles. The van der Waals surface area contributed by atoms with E-state index in [4.69, 9.17) is 0 Å². The van der Waals surface area contributed by atoms with Crippen molar-refractivity contribution in [3.05, 3.63) is 24.3 Å². The van der Waals surface area contributed by atoms with Crippen LogP contribution in [0.2, 0.25) is 0 Å². The summed E-state index contributed by atoms with van der Waals surface area (Å²) in [5.41, 5.74) is -0.505. The molecule has 0 saturated carbocycles. The molecular weight excluding hydrogens is 312 g/mol. The molecule has 4 heteroatoms. The first-order chi connectivity index (χ1) is 12.0. The van der Waals surface area contributed by atoms with Gasteiger partial charge >= 0.3 is 0 Å². The van der Waals surface area contributed by atoms with Crippen LogP contribution >= 0.6 is 0 Å². The van der Waals surface area contributed by atoms with E-state index in [1.54, 1.807) is 0 Å². The molecule has 0 saturated heterocycles. The van der Waals surface area contributed by atoms with E-state index in [1.807, 2.05) is 13.8 Å². The van der Waals surface area contributed by atoms with Gasteiger partial charge in [-0.1, -0.05) is 38.2 Å². The Balaban J connectivity index is 1.64. The number of carbonyl (C=O) groups is 2. The number of hydrogen-bond donors (Lipinski definition) is 2. The lowest BCUT2D eigenvalue weighted by atomic mass is 9.86. The number of carbonyl (C=O) groups excluding carboxylic acids is 2. The Labute approximate surface area is 152 Å². The molecule has 2 aliphatic carbocycles. The molecule has 0 aliphatic heterocycles. The van der Waals surface area contributed by atoms with Crippen molar-refractivity contribution in [3.8, 4) is 0 Å². The van der Waals surface area contributed by atoms with Crippen molar-refractivity contribution < 1.29 is 9.59 Å². The molecule has 0 heterocycles. The van der Waals surface area contributed by atoms with E-state index in [-0.39, 0.29) is 11.8 Å². The molecule has 2 atom stereocenters. The standard InChI is InChI=1S/C21H34N2O2/c1-21(2,20(25)23-16-18-11-7-4-8-12-18)14-13-19(24)22-15-17-9-5-3-6-10-17/h3-5,7,17-18H,6,8-16H2,1-2H3,(H,22,24)(H,23,25)/t17-,18+/m1/s1. The van der Waals surface area contributed by atoms with Crippen LogP contribution in [-0.2, 0) is 9.59 Å². The van der Waals surface area contributed by atoms with Crippen molar-refractivity contribution >= 4 is 11.8 Å². The van der Waals surface area contributed by atoms with Crippen molar-refractivity contribution in [2.45, 2.75) is 65.2 Å². The van der Waals surface area contributed by atoms with E-state index >= 15 is 0 Å². The van der Waals surface area contributed by atoms with Crippen LogP contribution in [0.15, 0.2) is 24.3 Å². The fourth-order valence-corrected chi connectivity index (χ4v) is 3.45. The third-order valence-corrected chi connectivity index (χ3v) is 5.49. The van der Waals surface area contributed by atoms with Crippen LogP contribution in [0.3, 0.4) is 0 Å². The lowest BCUT2D eigenvalue weighted by Gasteiger charge is -2.26. The second kappa shape index (κ2) is 9.79. The lowest BCUT2D eigenvalue weighted by molar-refractivity contribution is -0.130. The van der Waals surface area contributed by atoms with Gasteiger partial charge < -0.3 is 10.6 Å². The van der Waals surface area contributed by atoms with E-state index in [1.165, 1.54) is 0 Å². The predicted octanol–water partition coefficient (Wildman–Crippen LogP) is 3.74. The number of amides is 2. The minimum absolute atomic E-state index is 0.0623. The van der Waals surface area contributed by atoms with E-state index in [0.717, 1.165) is 51.6 Å². The lowest BCUT2D eigenvalue weighted by Crippen LogP contribution is -2.40. The SMILES string of the molecule is CC(C)(CCC(=O)NC[C@@H]1CC=CCC1)C(=O)NC[C@H]1CC=CCC1. The molecule has 4 nitrogen and oxygen atoms in total. The molecular formula is C21H34N2O2. The molecule has 0 aromatic rings. The molecule has 2 amide bonds. The molecule has 0 fully saturated rings. The summed E-state index contributed by atoms with van der Waals surface area (Å²) >= 11 is 0. The highest BCUT2D eigenvalue weighted by Crippen LogP contribution is 2.24. The maximum atomic E-state index is 12.5. The minimum atomic E-state index is -0.505. The van der Waals surface area contributed by atoms with Gasteiger partial charge in [-0.3, -0.25) is 9.59 Å². The van der Waals surface area contributed by atoms with Crippen LogP contribution < -0.4 is 10.6 Å². The third kappa shape index (κ3) is 7.05. The van der Waals surface area contributed by atoms with E-state index in [2.05, 4.69) is 34.9 Å². The van der Waals surface area contributed by atoms with Crippen LogP contribution in [0.25, 0.3) is 0 Å². The van der Waals surface area contributed by atoms with Crippen molar-refractivity contribution in [3.63, 3.8) is 0 Å². The molecule has 2 aliphatic rings. The number of hydrogen-bond acceptors (Lipinski definition) is 2. The summed E-state index contributed by atoms with van der Waals surface area (Å²) in [6.07, 6.45) is 16.5. The highest BCUT2D eigenvalue weighted by atomic mass is 16.2. The fraction of sp³-hybridized carbons (Fsp3) is 0.714. The second-order valence-corrected chi connectivity index (χ2v) is 8.20. The normalized spacial score (nSPS) is 23.3. The van der Waals surface area contributed by atoms with Crippen LogP contribution in [0.1, 0.15) is 65.2 Å². The van der Waals surface area contributed by atoms with Crippen molar-refractivity contribution in [2.24, 2.45) is 17.3 Å². The number of rotatable bonds is 8. The molecule has 140 valence electrons. The quantitative estimate of drug-likeness (QED) is 0.658. The van der Waals surface area contributed by atoms with Gasteiger partial charge in [-0.2, -0.15) is 0 Å². The van der Waals surface area contributed by atoms with Crippen molar-refractivity contribution in [1.29, 1.82) is 0 Å². The van der Waals surface area contributed by atoms with Crippen LogP contribution in [-0.4, -0.2) is 24.9 Å². The molecule has 25 heavy (non-hydrogen) atoms. The van der Waals surface area contributed by atoms with Gasteiger partial charge in [0.1, 0.15) is 0 Å². The summed E-state index contributed by atoms with van der Waals surface area (Å²) in [6.45, 7) is 5.36. The summed E-state index contributed by atoms with van der Waals surface area (Å²) in [4.78, 5) is 24.5. The molecule has 0 radical (unpaired) electrons. The minimum Gasteiger partial charge on any atom is -0.356 e. The number of allylic oxidation sites excluding steroid dienone is 4. The maximum absolute atomic E-state index is 12.5. The Morgan fingerprint density at radius 1 is 0.920 bits per heavy atom. The highest BCUT2D eigenvalue weighted by molar-refractivity contribution is 5.83. The summed E-state index contributed by atoms with van der Waals surface area (Å²) < 4.78 is 0. The van der Waals surface area contributed by atoms with Gasteiger partial charge in [0.05, 0.1) is 0 Å². The monoisotopic (exact) mass is 346 g/mol. The average Bonchev–Trinajstić information content (AvgIpc) is 2.64. The van der Waals surface area contributed by atoms with Gasteiger partial charge in [0.25, 0.3) is 0 Å². The third-order valence-electron chi connectivity index (χ3n) is 5.49. The maximum Gasteiger partial charge on any atom is 0.225 e. The van der Waals surface area contributed by atoms with E-state index < -0.39 is 5.41 Å². The fourth-order valence-electron chi connectivity index (χ4n) is 3.45. The molecule has 0 unspecified atom stereocenters. The van der Waals surface area contributed by atoms with Gasteiger partial charge in [-0.15, -0.1) is 0 Å². The predicted molar refractivity (Wildman–Crippen MR) is 102 cm³/mol. The smallest absolute Gasteiger partial charge is 0.225 e. The summed E-state index contributed by atoms with van der Waals surface area (Å²) in [7, 11) is 0. The summed E-state index contributed by atoms with van der Waals surface area (Å²) in [5, 5.41) is 6.12. The van der Waals surface area contributed by atoms with Gasteiger partial charge in [-0.25, -0.2) is 0 Å². The zero-order valence-electron chi connectivity index (χ0n) is 15.9. The molecule has 0 aromatic heterocycles. The Kier molecular flexibility index (Phi) is 7.73. The Hall–Kier alpha value is -1.58. The molecule has 0 bridgehead atoms. The highest BCUT2D eigenvalue weighted by Gasteiger charge is 2.28. The van der Waals surface area contributed by atoms with E-state index in [0.29, 0.717) is 24.7 Å². The molecule has 2 N–H and O–H groups in total. The summed E-state index contributed by atoms with van der Waals surface area (Å²) in [5.74, 6) is 1.24. The Morgan fingerprint density at radius 3 is 2.00 bits per heavy atom.